The van der Waals surface area contributed by atoms with Crippen LogP contribution in [0.1, 0.15) is 39.7 Å². The van der Waals surface area contributed by atoms with Crippen LogP contribution in [0.15, 0.2) is 12.3 Å². The Hall–Kier alpha value is -1.58. The molecule has 100 valence electrons. The first-order chi connectivity index (χ1) is 8.34. The first-order valence-corrected chi connectivity index (χ1v) is 6.25. The smallest absolute Gasteiger partial charge is 0.229 e. The summed E-state index contributed by atoms with van der Waals surface area (Å²) in [7, 11) is 0. The Bertz CT molecular complexity index is 422. The van der Waals surface area contributed by atoms with Crippen LogP contribution in [0.4, 0.5) is 5.69 Å². The Morgan fingerprint density at radius 3 is 2.61 bits per heavy atom. The van der Waals surface area contributed by atoms with E-state index in [1.807, 2.05) is 40.7 Å². The number of nitrogens with one attached hydrogen (secondary N) is 1. The number of carbonyl (C=O) groups is 1. The summed E-state index contributed by atoms with van der Waals surface area (Å²) in [5, 5.41) is 2.85. The zero-order chi connectivity index (χ0) is 13.8. The third kappa shape index (κ3) is 4.02. The average molecular weight is 250 g/mol. The van der Waals surface area contributed by atoms with Gasteiger partial charge in [0.15, 0.2) is 0 Å². The number of anilines is 1. The Kier molecular flexibility index (Phi) is 4.70. The summed E-state index contributed by atoms with van der Waals surface area (Å²) in [5.74, 6) is 0.608. The molecule has 0 aliphatic rings. The highest BCUT2D eigenvalue weighted by molar-refractivity contribution is 5.94. The lowest BCUT2D eigenvalue weighted by Gasteiger charge is -2.18. The Morgan fingerprint density at radius 1 is 1.44 bits per heavy atom. The molecule has 1 aromatic rings. The van der Waals surface area contributed by atoms with Gasteiger partial charge in [-0.05, 0) is 19.4 Å². The topological polar surface area (TPSA) is 51.2 Å². The second-order valence-electron chi connectivity index (χ2n) is 5.40. The van der Waals surface area contributed by atoms with Crippen molar-refractivity contribution in [3.05, 3.63) is 17.8 Å². The van der Waals surface area contributed by atoms with Crippen LogP contribution in [-0.2, 0) is 4.79 Å². The molecule has 0 saturated heterocycles. The maximum Gasteiger partial charge on any atom is 0.229 e. The molecular formula is C14H22N2O2. The molecule has 0 unspecified atom stereocenters. The molecule has 0 radical (unpaired) electrons. The number of hydrogen-bond donors (Lipinski definition) is 1. The number of nitrogens with zero attached hydrogens (tertiary/aromatic N) is 1. The van der Waals surface area contributed by atoms with Gasteiger partial charge in [0, 0.05) is 11.0 Å². The van der Waals surface area contributed by atoms with Gasteiger partial charge in [-0.3, -0.25) is 4.79 Å². The van der Waals surface area contributed by atoms with Gasteiger partial charge in [-0.25, -0.2) is 4.98 Å². The minimum Gasteiger partial charge on any atom is -0.477 e. The van der Waals surface area contributed by atoms with Crippen molar-refractivity contribution in [2.75, 3.05) is 11.9 Å². The van der Waals surface area contributed by atoms with Crippen molar-refractivity contribution >= 4 is 11.6 Å². The van der Waals surface area contributed by atoms with Crippen LogP contribution in [0.2, 0.25) is 0 Å². The summed E-state index contributed by atoms with van der Waals surface area (Å²) < 4.78 is 5.49. The van der Waals surface area contributed by atoms with E-state index in [0.717, 1.165) is 12.0 Å². The average Bonchev–Trinajstić information content (AvgIpc) is 2.26. The van der Waals surface area contributed by atoms with E-state index in [9.17, 15) is 4.79 Å². The van der Waals surface area contributed by atoms with Gasteiger partial charge in [0.25, 0.3) is 0 Å². The maximum absolute atomic E-state index is 11.8. The van der Waals surface area contributed by atoms with Crippen LogP contribution in [0.25, 0.3) is 0 Å². The highest BCUT2D eigenvalue weighted by Gasteiger charge is 2.21. The second kappa shape index (κ2) is 5.85. The van der Waals surface area contributed by atoms with Gasteiger partial charge in [-0.15, -0.1) is 0 Å². The molecule has 0 saturated carbocycles. The normalized spacial score (nSPS) is 11.2. The summed E-state index contributed by atoms with van der Waals surface area (Å²) in [6.07, 6.45) is 2.57. The third-order valence-corrected chi connectivity index (χ3v) is 2.41. The fourth-order valence-electron chi connectivity index (χ4n) is 1.30. The fourth-order valence-corrected chi connectivity index (χ4v) is 1.30. The Labute approximate surface area is 109 Å². The minimum absolute atomic E-state index is 0.0223. The number of aryl methyl sites for hydroxylation is 1. The van der Waals surface area contributed by atoms with Crippen LogP contribution in [0.3, 0.4) is 0 Å². The Morgan fingerprint density at radius 2 is 2.11 bits per heavy atom. The quantitative estimate of drug-likeness (QED) is 0.893. The molecule has 1 rings (SSSR count). The summed E-state index contributed by atoms with van der Waals surface area (Å²) in [5.41, 5.74) is 1.22. The lowest BCUT2D eigenvalue weighted by molar-refractivity contribution is -0.123. The standard InChI is InChI=1S/C14H22N2O2/c1-6-7-18-12-10(2)8-11(9-15-12)16-13(17)14(3,4)5/h8-9H,6-7H2,1-5H3,(H,16,17). The molecule has 1 aromatic heterocycles. The molecule has 4 heteroatoms. The number of pyridine rings is 1. The number of hydrogen-bond acceptors (Lipinski definition) is 3. The molecule has 0 fully saturated rings. The van der Waals surface area contributed by atoms with E-state index in [2.05, 4.69) is 10.3 Å². The zero-order valence-corrected chi connectivity index (χ0v) is 11.8. The molecule has 0 bridgehead atoms. The number of amides is 1. The number of rotatable bonds is 4. The fraction of sp³-hybridized carbons (Fsp3) is 0.571. The second-order valence-corrected chi connectivity index (χ2v) is 5.40. The van der Waals surface area contributed by atoms with E-state index in [1.165, 1.54) is 0 Å². The first kappa shape index (κ1) is 14.5. The van der Waals surface area contributed by atoms with E-state index < -0.39 is 5.41 Å². The predicted octanol–water partition coefficient (Wildman–Crippen LogP) is 3.16. The maximum atomic E-state index is 11.8. The van der Waals surface area contributed by atoms with Crippen molar-refractivity contribution in [3.8, 4) is 5.88 Å². The van der Waals surface area contributed by atoms with E-state index in [1.54, 1.807) is 6.20 Å². The van der Waals surface area contributed by atoms with Crippen LogP contribution < -0.4 is 10.1 Å². The molecule has 1 N–H and O–H groups in total. The van der Waals surface area contributed by atoms with Crippen molar-refractivity contribution in [1.82, 2.24) is 4.98 Å². The van der Waals surface area contributed by atoms with Gasteiger partial charge in [0.2, 0.25) is 11.8 Å². The predicted molar refractivity (Wildman–Crippen MR) is 72.8 cm³/mol. The van der Waals surface area contributed by atoms with Crippen molar-refractivity contribution in [1.29, 1.82) is 0 Å². The largest absolute Gasteiger partial charge is 0.477 e. The molecule has 0 aromatic carbocycles. The van der Waals surface area contributed by atoms with Gasteiger partial charge in [-0.1, -0.05) is 27.7 Å². The SMILES string of the molecule is CCCOc1ncc(NC(=O)C(C)(C)C)cc1C. The lowest BCUT2D eigenvalue weighted by Crippen LogP contribution is -2.27. The van der Waals surface area contributed by atoms with Crippen molar-refractivity contribution in [3.63, 3.8) is 0 Å². The molecule has 0 atom stereocenters. The van der Waals surface area contributed by atoms with E-state index >= 15 is 0 Å². The zero-order valence-electron chi connectivity index (χ0n) is 11.8. The molecule has 0 spiro atoms. The molecule has 4 nitrogen and oxygen atoms in total. The number of aromatic nitrogens is 1. The van der Waals surface area contributed by atoms with Gasteiger partial charge in [0.1, 0.15) is 0 Å². The highest BCUT2D eigenvalue weighted by Crippen LogP contribution is 2.21. The van der Waals surface area contributed by atoms with Crippen LogP contribution >= 0.6 is 0 Å². The minimum atomic E-state index is -0.411. The molecular weight excluding hydrogens is 228 g/mol. The van der Waals surface area contributed by atoms with E-state index in [-0.39, 0.29) is 5.91 Å². The summed E-state index contributed by atoms with van der Waals surface area (Å²) in [6.45, 7) is 10.3. The number of carbonyl (C=O) groups excluding carboxylic acids is 1. The Balaban J connectivity index is 2.75. The van der Waals surface area contributed by atoms with E-state index in [4.69, 9.17) is 4.74 Å². The summed E-state index contributed by atoms with van der Waals surface area (Å²) >= 11 is 0. The lowest BCUT2D eigenvalue weighted by atomic mass is 9.95. The van der Waals surface area contributed by atoms with Crippen molar-refractivity contribution < 1.29 is 9.53 Å². The third-order valence-electron chi connectivity index (χ3n) is 2.41. The van der Waals surface area contributed by atoms with Crippen LogP contribution in [0, 0.1) is 12.3 Å². The van der Waals surface area contributed by atoms with Gasteiger partial charge < -0.3 is 10.1 Å². The van der Waals surface area contributed by atoms with Crippen molar-refractivity contribution in [2.45, 2.75) is 41.0 Å². The van der Waals surface area contributed by atoms with Crippen LogP contribution in [0.5, 0.6) is 5.88 Å². The summed E-state index contributed by atoms with van der Waals surface area (Å²) in [4.78, 5) is 16.0. The van der Waals surface area contributed by atoms with Gasteiger partial charge >= 0.3 is 0 Å². The monoisotopic (exact) mass is 250 g/mol. The van der Waals surface area contributed by atoms with Crippen molar-refractivity contribution in [2.24, 2.45) is 5.41 Å². The summed E-state index contributed by atoms with van der Waals surface area (Å²) in [6, 6.07) is 1.88. The van der Waals surface area contributed by atoms with E-state index in [0.29, 0.717) is 18.2 Å². The molecule has 0 aliphatic heterocycles. The molecule has 18 heavy (non-hydrogen) atoms. The molecule has 1 amide bonds. The molecule has 0 aliphatic carbocycles. The van der Waals surface area contributed by atoms with Gasteiger partial charge in [0.05, 0.1) is 18.5 Å². The van der Waals surface area contributed by atoms with Crippen LogP contribution in [-0.4, -0.2) is 17.5 Å². The number of ether oxygens (including phenoxy) is 1. The van der Waals surface area contributed by atoms with Gasteiger partial charge in [-0.2, -0.15) is 0 Å². The highest BCUT2D eigenvalue weighted by atomic mass is 16.5. The molecule has 1 heterocycles. The first-order valence-electron chi connectivity index (χ1n) is 6.25.